The predicted octanol–water partition coefficient (Wildman–Crippen LogP) is 2.74. The second-order valence-electron chi connectivity index (χ2n) is 5.22. The van der Waals surface area contributed by atoms with Crippen molar-refractivity contribution in [2.24, 2.45) is 0 Å². The van der Waals surface area contributed by atoms with Gasteiger partial charge >= 0.3 is 0 Å². The van der Waals surface area contributed by atoms with Gasteiger partial charge < -0.3 is 5.32 Å². The molecule has 104 valence electrons. The van der Waals surface area contributed by atoms with Crippen LogP contribution in [-0.2, 0) is 4.79 Å². The molecule has 3 nitrogen and oxygen atoms in total. The van der Waals surface area contributed by atoms with E-state index in [9.17, 15) is 4.79 Å². The maximum Gasteiger partial charge on any atom is 0.220 e. The van der Waals surface area contributed by atoms with Gasteiger partial charge in [0.15, 0.2) is 0 Å². The highest BCUT2D eigenvalue weighted by atomic mass is 16.1. The van der Waals surface area contributed by atoms with Gasteiger partial charge in [0.1, 0.15) is 0 Å². The van der Waals surface area contributed by atoms with Crippen molar-refractivity contribution < 1.29 is 4.79 Å². The van der Waals surface area contributed by atoms with Crippen molar-refractivity contribution >= 4 is 5.91 Å². The van der Waals surface area contributed by atoms with Gasteiger partial charge in [0.25, 0.3) is 0 Å². The van der Waals surface area contributed by atoms with Crippen LogP contribution in [0.3, 0.4) is 0 Å². The lowest BCUT2D eigenvalue weighted by molar-refractivity contribution is -0.121. The van der Waals surface area contributed by atoms with Gasteiger partial charge in [-0.05, 0) is 37.9 Å². The second kappa shape index (κ2) is 7.29. The van der Waals surface area contributed by atoms with Crippen molar-refractivity contribution in [3.05, 3.63) is 35.9 Å². The van der Waals surface area contributed by atoms with E-state index in [-0.39, 0.29) is 5.91 Å². The van der Waals surface area contributed by atoms with Crippen LogP contribution in [0.5, 0.6) is 0 Å². The Morgan fingerprint density at radius 3 is 2.58 bits per heavy atom. The monoisotopic (exact) mass is 260 g/mol. The smallest absolute Gasteiger partial charge is 0.220 e. The molecule has 0 bridgehead atoms. The molecule has 1 aliphatic heterocycles. The van der Waals surface area contributed by atoms with E-state index >= 15 is 0 Å². The number of carbonyl (C=O) groups excluding carboxylic acids is 1. The maximum absolute atomic E-state index is 11.7. The first kappa shape index (κ1) is 14.1. The third-order valence-electron chi connectivity index (χ3n) is 3.74. The summed E-state index contributed by atoms with van der Waals surface area (Å²) in [5.74, 6) is 0.169. The fourth-order valence-corrected chi connectivity index (χ4v) is 2.71. The van der Waals surface area contributed by atoms with Crippen LogP contribution in [0.1, 0.15) is 44.2 Å². The summed E-state index contributed by atoms with van der Waals surface area (Å²) in [7, 11) is 0. The Labute approximate surface area is 116 Å². The maximum atomic E-state index is 11.7. The van der Waals surface area contributed by atoms with Crippen molar-refractivity contribution in [3.63, 3.8) is 0 Å². The topological polar surface area (TPSA) is 32.3 Å². The lowest BCUT2D eigenvalue weighted by Gasteiger charge is -2.28. The SMILES string of the molecule is CCCC(=O)NCC(c1ccccc1)N1CCCC1. The van der Waals surface area contributed by atoms with Gasteiger partial charge in [0.05, 0.1) is 6.04 Å². The highest BCUT2D eigenvalue weighted by molar-refractivity contribution is 5.75. The zero-order chi connectivity index (χ0) is 13.5. The number of hydrogen-bond donors (Lipinski definition) is 1. The third kappa shape index (κ3) is 4.06. The number of hydrogen-bond acceptors (Lipinski definition) is 2. The van der Waals surface area contributed by atoms with Crippen molar-refractivity contribution in [2.45, 2.75) is 38.6 Å². The molecule has 1 aromatic rings. The Bertz CT molecular complexity index is 385. The predicted molar refractivity (Wildman–Crippen MR) is 77.9 cm³/mol. The minimum absolute atomic E-state index is 0.169. The number of nitrogens with zero attached hydrogens (tertiary/aromatic N) is 1. The van der Waals surface area contributed by atoms with Gasteiger partial charge in [-0.1, -0.05) is 37.3 Å². The molecule has 1 amide bonds. The number of rotatable bonds is 6. The summed E-state index contributed by atoms with van der Waals surface area (Å²) >= 11 is 0. The Hall–Kier alpha value is -1.35. The lowest BCUT2D eigenvalue weighted by atomic mass is 10.1. The summed E-state index contributed by atoms with van der Waals surface area (Å²) in [5.41, 5.74) is 1.31. The van der Waals surface area contributed by atoms with Gasteiger partial charge in [-0.2, -0.15) is 0 Å². The molecule has 19 heavy (non-hydrogen) atoms. The van der Waals surface area contributed by atoms with Gasteiger partial charge in [0.2, 0.25) is 5.91 Å². The number of carbonyl (C=O) groups is 1. The van der Waals surface area contributed by atoms with Gasteiger partial charge in [-0.15, -0.1) is 0 Å². The van der Waals surface area contributed by atoms with E-state index in [0.717, 1.165) is 26.1 Å². The molecule has 1 saturated heterocycles. The quantitative estimate of drug-likeness (QED) is 0.853. The molecule has 3 heteroatoms. The van der Waals surface area contributed by atoms with Crippen LogP contribution in [-0.4, -0.2) is 30.4 Å². The van der Waals surface area contributed by atoms with Crippen LogP contribution in [0.25, 0.3) is 0 Å². The summed E-state index contributed by atoms with van der Waals surface area (Å²) in [4.78, 5) is 14.2. The summed E-state index contributed by atoms with van der Waals surface area (Å²) in [6, 6.07) is 10.8. The van der Waals surface area contributed by atoms with E-state index < -0.39 is 0 Å². The first-order valence-electron chi connectivity index (χ1n) is 7.37. The molecule has 1 aromatic carbocycles. The Kier molecular flexibility index (Phi) is 5.40. The van der Waals surface area contributed by atoms with E-state index in [1.54, 1.807) is 0 Å². The first-order chi connectivity index (χ1) is 9.31. The minimum Gasteiger partial charge on any atom is -0.354 e. The molecule has 1 fully saturated rings. The second-order valence-corrected chi connectivity index (χ2v) is 5.22. The molecule has 2 rings (SSSR count). The van der Waals surface area contributed by atoms with Gasteiger partial charge in [0, 0.05) is 13.0 Å². The number of benzene rings is 1. The lowest BCUT2D eigenvalue weighted by Crippen LogP contribution is -2.36. The van der Waals surface area contributed by atoms with Crippen LogP contribution in [0.15, 0.2) is 30.3 Å². The Balaban J connectivity index is 2.00. The van der Waals surface area contributed by atoms with E-state index in [1.165, 1.54) is 18.4 Å². The van der Waals surface area contributed by atoms with E-state index in [2.05, 4.69) is 34.5 Å². The molecule has 1 unspecified atom stereocenters. The number of likely N-dealkylation sites (tertiary alicyclic amines) is 1. The van der Waals surface area contributed by atoms with E-state index in [1.807, 2.05) is 13.0 Å². The first-order valence-corrected chi connectivity index (χ1v) is 7.37. The molecular weight excluding hydrogens is 236 g/mol. The summed E-state index contributed by atoms with van der Waals surface area (Å²) in [5, 5.41) is 3.08. The average molecular weight is 260 g/mol. The van der Waals surface area contributed by atoms with Crippen molar-refractivity contribution in [1.82, 2.24) is 10.2 Å². The Morgan fingerprint density at radius 2 is 1.95 bits per heavy atom. The van der Waals surface area contributed by atoms with Gasteiger partial charge in [-0.3, -0.25) is 9.69 Å². The molecule has 0 saturated carbocycles. The van der Waals surface area contributed by atoms with E-state index in [0.29, 0.717) is 12.5 Å². The van der Waals surface area contributed by atoms with Crippen LogP contribution < -0.4 is 5.32 Å². The Morgan fingerprint density at radius 1 is 1.26 bits per heavy atom. The zero-order valence-corrected chi connectivity index (χ0v) is 11.8. The summed E-state index contributed by atoms with van der Waals surface area (Å²) in [6.45, 7) is 5.05. The van der Waals surface area contributed by atoms with Crippen LogP contribution >= 0.6 is 0 Å². The molecule has 0 aliphatic carbocycles. The fraction of sp³-hybridized carbons (Fsp3) is 0.562. The highest BCUT2D eigenvalue weighted by Crippen LogP contribution is 2.24. The molecule has 1 N–H and O–H groups in total. The number of nitrogens with one attached hydrogen (secondary N) is 1. The molecule has 0 aromatic heterocycles. The molecular formula is C16H24N2O. The van der Waals surface area contributed by atoms with Crippen molar-refractivity contribution in [2.75, 3.05) is 19.6 Å². The molecule has 1 aliphatic rings. The van der Waals surface area contributed by atoms with Crippen LogP contribution in [0, 0.1) is 0 Å². The largest absolute Gasteiger partial charge is 0.354 e. The normalized spacial score (nSPS) is 17.3. The fourth-order valence-electron chi connectivity index (χ4n) is 2.71. The minimum atomic E-state index is 0.169. The molecule has 1 atom stereocenters. The number of amides is 1. The molecule has 0 spiro atoms. The van der Waals surface area contributed by atoms with Crippen LogP contribution in [0.4, 0.5) is 0 Å². The van der Waals surface area contributed by atoms with E-state index in [4.69, 9.17) is 0 Å². The zero-order valence-electron chi connectivity index (χ0n) is 11.8. The highest BCUT2D eigenvalue weighted by Gasteiger charge is 2.23. The summed E-state index contributed by atoms with van der Waals surface area (Å²) in [6.07, 6.45) is 4.07. The third-order valence-corrected chi connectivity index (χ3v) is 3.74. The van der Waals surface area contributed by atoms with Crippen molar-refractivity contribution in [1.29, 1.82) is 0 Å². The average Bonchev–Trinajstić information content (AvgIpc) is 2.94. The summed E-state index contributed by atoms with van der Waals surface area (Å²) < 4.78 is 0. The van der Waals surface area contributed by atoms with Gasteiger partial charge in [-0.25, -0.2) is 0 Å². The molecule has 0 radical (unpaired) electrons. The van der Waals surface area contributed by atoms with Crippen LogP contribution in [0.2, 0.25) is 0 Å². The van der Waals surface area contributed by atoms with Crippen molar-refractivity contribution in [3.8, 4) is 0 Å². The standard InChI is InChI=1S/C16H24N2O/c1-2-8-16(19)17-13-15(18-11-6-7-12-18)14-9-4-3-5-10-14/h3-5,9-10,15H,2,6-8,11-13H2,1H3,(H,17,19). The molecule has 1 heterocycles.